The molecule has 10 rings (SSSR count). The third kappa shape index (κ3) is 5.44. The topological polar surface area (TPSA) is 174 Å². The van der Waals surface area contributed by atoms with E-state index in [2.05, 4.69) is 13.5 Å². The molecule has 2 spiro atoms. The first-order chi connectivity index (χ1) is 28.8. The molecular formula is C48H56O12. The molecule has 16 atom stereocenters. The molecular weight excluding hydrogens is 769 g/mol. The minimum Gasteiger partial charge on any atom is -0.462 e. The van der Waals surface area contributed by atoms with E-state index < -0.39 is 107 Å². The van der Waals surface area contributed by atoms with Crippen molar-refractivity contribution in [2.45, 2.75) is 125 Å². The van der Waals surface area contributed by atoms with Gasteiger partial charge in [0.2, 0.25) is 0 Å². The maximum absolute atomic E-state index is 14.5. The van der Waals surface area contributed by atoms with Crippen LogP contribution in [0.25, 0.3) is 10.8 Å². The molecule has 0 amide bonds. The number of carbonyl (C=O) groups excluding carboxylic acids is 2. The predicted octanol–water partition coefficient (Wildman–Crippen LogP) is 5.48. The van der Waals surface area contributed by atoms with Crippen molar-refractivity contribution in [2.24, 2.45) is 35.5 Å². The highest BCUT2D eigenvalue weighted by Crippen LogP contribution is 2.75. The van der Waals surface area contributed by atoms with Gasteiger partial charge in [0, 0.05) is 17.8 Å². The van der Waals surface area contributed by atoms with Gasteiger partial charge in [0.05, 0.1) is 29.9 Å². The van der Waals surface area contributed by atoms with E-state index >= 15 is 0 Å². The van der Waals surface area contributed by atoms with Crippen LogP contribution < -0.4 is 0 Å². The standard InChI is InChI=1S/C48H56O12/c1-26(2)44-23-33(24-55-41(51)30-16-9-7-10-17-30)47-36-39(44)58-48(59-44,60-47)34(50)19-11-6-5-8-14-27(3)35-28(4)38(46(54,37(35)47)43(53)45(25-49)40(36)57-45)56-42(52)32-21-20-29-15-12-13-18-31(29)22-32/h7,9-10,12-13,15-18,20-22,27-28,33-40,43,49-50,53-54H,1,5-6,8,11,14,19,23-25H2,2-4H3/t27-,28+,33+,34-,35+,36-,37-,38+,39-,40+,43-,44-,45+,46-,47-,48?/m1/s1. The first kappa shape index (κ1) is 40.4. The van der Waals surface area contributed by atoms with Crippen LogP contribution in [0.15, 0.2) is 84.9 Å². The van der Waals surface area contributed by atoms with Gasteiger partial charge in [-0.05, 0) is 78.1 Å². The Kier molecular flexibility index (Phi) is 9.52. The Bertz CT molecular complexity index is 2200. The summed E-state index contributed by atoms with van der Waals surface area (Å²) in [7, 11) is 0. The fourth-order valence-corrected chi connectivity index (χ4v) is 13.1. The van der Waals surface area contributed by atoms with Gasteiger partial charge in [-0.2, -0.15) is 0 Å². The monoisotopic (exact) mass is 824 g/mol. The van der Waals surface area contributed by atoms with Crippen molar-refractivity contribution in [3.8, 4) is 0 Å². The van der Waals surface area contributed by atoms with Gasteiger partial charge in [-0.3, -0.25) is 0 Å². The molecule has 4 aliphatic heterocycles. The summed E-state index contributed by atoms with van der Waals surface area (Å²) < 4.78 is 40.7. The highest BCUT2D eigenvalue weighted by molar-refractivity contribution is 5.95. The molecule has 4 N–H and O–H groups in total. The maximum Gasteiger partial charge on any atom is 0.338 e. The van der Waals surface area contributed by atoms with Crippen molar-refractivity contribution in [1.82, 2.24) is 0 Å². The minimum atomic E-state index is -2.30. The van der Waals surface area contributed by atoms with E-state index in [1.54, 1.807) is 36.4 Å². The molecule has 3 saturated carbocycles. The molecule has 12 nitrogen and oxygen atoms in total. The second-order valence-corrected chi connectivity index (χ2v) is 19.0. The summed E-state index contributed by atoms with van der Waals surface area (Å²) in [5.41, 5.74) is -5.66. The number of epoxide rings is 1. The summed E-state index contributed by atoms with van der Waals surface area (Å²) in [6, 6.07) is 21.6. The molecule has 12 heteroatoms. The second-order valence-electron chi connectivity index (χ2n) is 19.0. The zero-order chi connectivity index (χ0) is 42.0. The molecule has 3 aliphatic carbocycles. The number of fused-ring (bicyclic) bond motifs is 2. The first-order valence-electron chi connectivity index (χ1n) is 21.8. The van der Waals surface area contributed by atoms with Crippen LogP contribution >= 0.6 is 0 Å². The number of esters is 2. The summed E-state index contributed by atoms with van der Waals surface area (Å²) in [4.78, 5) is 28.2. The van der Waals surface area contributed by atoms with Gasteiger partial charge in [0.25, 0.3) is 0 Å². The molecule has 3 bridgehead atoms. The SMILES string of the molecule is C=C(C)[C@]12C[C@@H](COC(=O)c3ccccc3)[C@@]34OC5(O[C@@H]1[C@@H]3[C@@H]1O[C@]1(CO)[C@@H](O)[C@@]1(O)[C@H]4[C@H]([C@H](C)[C@@H]1OC(=O)c1ccc3ccccc3c1)[C@H](C)CCCCCC[C@H]5O)O2. The summed E-state index contributed by atoms with van der Waals surface area (Å²) in [6.45, 7) is 9.45. The van der Waals surface area contributed by atoms with Crippen LogP contribution in [0.5, 0.6) is 0 Å². The van der Waals surface area contributed by atoms with Crippen molar-refractivity contribution in [2.75, 3.05) is 13.2 Å². The van der Waals surface area contributed by atoms with Crippen LogP contribution in [0.3, 0.4) is 0 Å². The second kappa shape index (κ2) is 14.2. The Morgan fingerprint density at radius 2 is 1.57 bits per heavy atom. The lowest BCUT2D eigenvalue weighted by Gasteiger charge is -2.62. The molecule has 3 aromatic rings. The van der Waals surface area contributed by atoms with Crippen LogP contribution in [0.2, 0.25) is 0 Å². The van der Waals surface area contributed by atoms with Crippen LogP contribution in [-0.2, 0) is 28.4 Å². The Hall–Kier alpha value is -3.72. The molecule has 60 heavy (non-hydrogen) atoms. The highest BCUT2D eigenvalue weighted by Gasteiger charge is 2.91. The summed E-state index contributed by atoms with van der Waals surface area (Å²) >= 11 is 0. The zero-order valence-corrected chi connectivity index (χ0v) is 34.4. The van der Waals surface area contributed by atoms with Gasteiger partial charge in [0.1, 0.15) is 47.3 Å². The van der Waals surface area contributed by atoms with Gasteiger partial charge in [-0.1, -0.05) is 101 Å². The molecule has 4 heterocycles. The fourth-order valence-electron chi connectivity index (χ4n) is 13.1. The first-order valence-corrected chi connectivity index (χ1v) is 21.8. The lowest BCUT2D eigenvalue weighted by Crippen LogP contribution is -2.75. The van der Waals surface area contributed by atoms with E-state index in [9.17, 15) is 30.0 Å². The largest absolute Gasteiger partial charge is 0.462 e. The van der Waals surface area contributed by atoms with E-state index in [-0.39, 0.29) is 24.5 Å². The van der Waals surface area contributed by atoms with E-state index in [1.165, 1.54) is 0 Å². The third-order valence-electron chi connectivity index (χ3n) is 15.9. The summed E-state index contributed by atoms with van der Waals surface area (Å²) in [5.74, 6) is -7.03. The lowest BCUT2D eigenvalue weighted by atomic mass is 9.51. The minimum absolute atomic E-state index is 0.101. The average Bonchev–Trinajstić information content (AvgIpc) is 3.89. The van der Waals surface area contributed by atoms with E-state index in [0.717, 1.165) is 36.5 Å². The fraction of sp³-hybridized carbons (Fsp3) is 0.583. The number of aliphatic hydroxyl groups excluding tert-OH is 3. The number of aliphatic hydroxyl groups is 4. The number of hydrogen-bond donors (Lipinski definition) is 4. The Morgan fingerprint density at radius 1 is 0.850 bits per heavy atom. The molecule has 320 valence electrons. The normalized spacial score (nSPS) is 45.0. The molecule has 7 fully saturated rings. The van der Waals surface area contributed by atoms with Crippen molar-refractivity contribution in [3.05, 3.63) is 96.1 Å². The van der Waals surface area contributed by atoms with E-state index in [0.29, 0.717) is 24.0 Å². The number of hydrogen-bond acceptors (Lipinski definition) is 12. The third-order valence-corrected chi connectivity index (χ3v) is 15.9. The van der Waals surface area contributed by atoms with Crippen molar-refractivity contribution in [1.29, 1.82) is 0 Å². The number of carbonyl (C=O) groups is 2. The van der Waals surface area contributed by atoms with E-state index in [1.807, 2.05) is 50.2 Å². The Labute approximate surface area is 349 Å². The quantitative estimate of drug-likeness (QED) is 0.135. The van der Waals surface area contributed by atoms with Gasteiger partial charge < -0.3 is 48.8 Å². The number of ether oxygens (including phenoxy) is 6. The van der Waals surface area contributed by atoms with Gasteiger partial charge in [-0.15, -0.1) is 0 Å². The van der Waals surface area contributed by atoms with Gasteiger partial charge >= 0.3 is 17.9 Å². The van der Waals surface area contributed by atoms with Crippen molar-refractivity contribution >= 4 is 22.7 Å². The van der Waals surface area contributed by atoms with Crippen LogP contribution in [0.1, 0.15) is 86.4 Å². The predicted molar refractivity (Wildman–Crippen MR) is 216 cm³/mol. The molecule has 4 saturated heterocycles. The summed E-state index contributed by atoms with van der Waals surface area (Å²) in [5, 5.41) is 52.4. The van der Waals surface area contributed by atoms with Crippen LogP contribution in [-0.4, -0.2) is 104 Å². The smallest absolute Gasteiger partial charge is 0.338 e. The molecule has 0 aromatic heterocycles. The van der Waals surface area contributed by atoms with Crippen LogP contribution in [0.4, 0.5) is 0 Å². The lowest BCUT2D eigenvalue weighted by molar-refractivity contribution is -0.459. The Balaban J connectivity index is 1.18. The highest BCUT2D eigenvalue weighted by atomic mass is 16.9. The van der Waals surface area contributed by atoms with E-state index in [4.69, 9.17) is 28.4 Å². The van der Waals surface area contributed by atoms with Gasteiger partial charge in [-0.25, -0.2) is 9.59 Å². The van der Waals surface area contributed by atoms with Crippen LogP contribution in [0, 0.1) is 35.5 Å². The molecule has 0 radical (unpaired) electrons. The summed E-state index contributed by atoms with van der Waals surface area (Å²) in [6.07, 6.45) is -1.63. The number of rotatable bonds is 7. The molecule has 3 aromatic carbocycles. The molecule has 7 aliphatic rings. The maximum atomic E-state index is 14.5. The zero-order valence-electron chi connectivity index (χ0n) is 34.4. The molecule has 1 unspecified atom stereocenters. The van der Waals surface area contributed by atoms with Gasteiger partial charge in [0.15, 0.2) is 0 Å². The Morgan fingerprint density at radius 3 is 2.30 bits per heavy atom. The average molecular weight is 825 g/mol. The number of benzene rings is 3. The van der Waals surface area contributed by atoms with Crippen molar-refractivity contribution in [3.63, 3.8) is 0 Å². The van der Waals surface area contributed by atoms with Crippen molar-refractivity contribution < 1.29 is 58.4 Å².